The van der Waals surface area contributed by atoms with E-state index in [2.05, 4.69) is 11.8 Å². The highest BCUT2D eigenvalue weighted by atomic mass is 17.1. The summed E-state index contributed by atoms with van der Waals surface area (Å²) < 4.78 is 5.11. The molecule has 0 spiro atoms. The Labute approximate surface area is 161 Å². The van der Waals surface area contributed by atoms with Crippen molar-refractivity contribution >= 4 is 11.9 Å². The number of unbranched alkanes of at least 4 members (excludes halogenated alkanes) is 4. The summed E-state index contributed by atoms with van der Waals surface area (Å²) in [4.78, 5) is 31.8. The minimum absolute atomic E-state index is 0.159. The normalized spacial score (nSPS) is 11.7. The van der Waals surface area contributed by atoms with Crippen molar-refractivity contribution in [2.75, 3.05) is 53.6 Å². The van der Waals surface area contributed by atoms with Crippen molar-refractivity contribution in [3.63, 3.8) is 0 Å². The largest absolute Gasteiger partial charge is 0.463 e. The van der Waals surface area contributed by atoms with Gasteiger partial charge in [0.05, 0.1) is 13.2 Å². The van der Waals surface area contributed by atoms with Crippen LogP contribution >= 0.6 is 0 Å². The van der Waals surface area contributed by atoms with Gasteiger partial charge in [-0.25, -0.2) is 4.89 Å². The van der Waals surface area contributed by atoms with Gasteiger partial charge in [-0.1, -0.05) is 32.6 Å². The molecule has 0 radical (unpaired) electrons. The average Bonchev–Trinajstić information content (AvgIpc) is 2.64. The molecular formula is C18H36N2O7. The third-order valence-electron chi connectivity index (χ3n) is 4.38. The lowest BCUT2D eigenvalue weighted by atomic mass is 9.99. The Morgan fingerprint density at radius 1 is 1.04 bits per heavy atom. The highest BCUT2D eigenvalue weighted by Crippen LogP contribution is 2.19. The number of esters is 1. The molecule has 160 valence electrons. The molecule has 0 unspecified atom stereocenters. The van der Waals surface area contributed by atoms with Crippen LogP contribution in [0.4, 0.5) is 0 Å². The van der Waals surface area contributed by atoms with E-state index in [1.165, 1.54) is 0 Å². The maximum absolute atomic E-state index is 12.7. The maximum atomic E-state index is 12.7. The van der Waals surface area contributed by atoms with Gasteiger partial charge in [-0.3, -0.25) is 14.8 Å². The number of carbonyl (C=O) groups excluding carboxylic acids is 2. The van der Waals surface area contributed by atoms with Gasteiger partial charge in [0.15, 0.2) is 0 Å². The van der Waals surface area contributed by atoms with Gasteiger partial charge in [-0.05, 0) is 20.5 Å². The second-order valence-corrected chi connectivity index (χ2v) is 6.98. The third kappa shape index (κ3) is 10.0. The lowest BCUT2D eigenvalue weighted by Crippen LogP contribution is -2.61. The molecule has 27 heavy (non-hydrogen) atoms. The Morgan fingerprint density at radius 3 is 2.19 bits per heavy atom. The Hall–Kier alpha value is -1.26. The number of nitrogens with zero attached hydrogens (tertiary/aromatic N) is 2. The molecule has 9 heteroatoms. The van der Waals surface area contributed by atoms with Crippen LogP contribution in [0, 0.1) is 0 Å². The number of aliphatic hydroxyl groups is 2. The minimum Gasteiger partial charge on any atom is -0.463 e. The van der Waals surface area contributed by atoms with Crippen LogP contribution in [0.25, 0.3) is 0 Å². The first-order chi connectivity index (χ1) is 12.9. The molecule has 0 aromatic heterocycles. The standard InChI is InChI=1S/C18H36N2O7/c1-4-5-6-7-8-9-16(23)20(18(13-21,14-22)15-27-25)12-17(24)26-11-10-19(2)3/h21-22,25H,4-15H2,1-3H3. The highest BCUT2D eigenvalue weighted by Gasteiger charge is 2.40. The zero-order valence-electron chi connectivity index (χ0n) is 16.9. The molecule has 0 saturated carbocycles. The summed E-state index contributed by atoms with van der Waals surface area (Å²) in [5.41, 5.74) is -1.60. The number of likely N-dealkylation sites (N-methyl/N-ethyl adjacent to an activating group) is 1. The monoisotopic (exact) mass is 392 g/mol. The number of hydrogen-bond acceptors (Lipinski definition) is 8. The fourth-order valence-corrected chi connectivity index (χ4v) is 2.56. The first-order valence-corrected chi connectivity index (χ1v) is 9.45. The molecular weight excluding hydrogens is 356 g/mol. The van der Waals surface area contributed by atoms with E-state index in [1.54, 1.807) is 0 Å². The summed E-state index contributed by atoms with van der Waals surface area (Å²) in [6.07, 6.45) is 4.88. The van der Waals surface area contributed by atoms with Gasteiger partial charge in [0, 0.05) is 13.0 Å². The summed E-state index contributed by atoms with van der Waals surface area (Å²) in [5.74, 6) is -1.06. The number of ether oxygens (including phenoxy) is 1. The maximum Gasteiger partial charge on any atom is 0.325 e. The molecule has 0 aliphatic heterocycles. The number of rotatable bonds is 16. The van der Waals surface area contributed by atoms with E-state index in [0.29, 0.717) is 13.0 Å². The van der Waals surface area contributed by atoms with Gasteiger partial charge >= 0.3 is 5.97 Å². The highest BCUT2D eigenvalue weighted by molar-refractivity contribution is 5.83. The molecule has 9 nitrogen and oxygen atoms in total. The molecule has 3 N–H and O–H groups in total. The van der Waals surface area contributed by atoms with Crippen LogP contribution < -0.4 is 0 Å². The average molecular weight is 392 g/mol. The lowest BCUT2D eigenvalue weighted by molar-refractivity contribution is -0.269. The molecule has 0 fully saturated rings. The SMILES string of the molecule is CCCCCCCC(=O)N(CC(=O)OCCN(C)C)C(CO)(CO)COO. The van der Waals surface area contributed by atoms with E-state index < -0.39 is 43.8 Å². The summed E-state index contributed by atoms with van der Waals surface area (Å²) in [6, 6.07) is 0. The topological polar surface area (TPSA) is 120 Å². The second-order valence-electron chi connectivity index (χ2n) is 6.98. The van der Waals surface area contributed by atoms with Crippen LogP contribution in [0.5, 0.6) is 0 Å². The molecule has 0 aliphatic rings. The Morgan fingerprint density at radius 2 is 1.67 bits per heavy atom. The molecule has 0 aliphatic carbocycles. The number of carbonyl (C=O) groups is 2. The van der Waals surface area contributed by atoms with E-state index >= 15 is 0 Å². The number of amides is 1. The molecule has 0 heterocycles. The van der Waals surface area contributed by atoms with E-state index in [0.717, 1.165) is 30.6 Å². The van der Waals surface area contributed by atoms with Gasteiger partial charge in [0.2, 0.25) is 5.91 Å². The Bertz CT molecular complexity index is 415. The van der Waals surface area contributed by atoms with Gasteiger partial charge in [-0.2, -0.15) is 0 Å². The summed E-state index contributed by atoms with van der Waals surface area (Å²) >= 11 is 0. The summed E-state index contributed by atoms with van der Waals surface area (Å²) in [6.45, 7) is 0.487. The van der Waals surface area contributed by atoms with Crippen LogP contribution in [-0.4, -0.2) is 96.3 Å². The second kappa shape index (κ2) is 14.8. The third-order valence-corrected chi connectivity index (χ3v) is 4.38. The lowest BCUT2D eigenvalue weighted by Gasteiger charge is -2.40. The van der Waals surface area contributed by atoms with Crippen molar-refractivity contribution in [1.29, 1.82) is 0 Å². The van der Waals surface area contributed by atoms with Crippen LogP contribution in [0.2, 0.25) is 0 Å². The van der Waals surface area contributed by atoms with Crippen LogP contribution in [0.15, 0.2) is 0 Å². The van der Waals surface area contributed by atoms with Crippen molar-refractivity contribution in [3.05, 3.63) is 0 Å². The molecule has 0 bridgehead atoms. The molecule has 0 aromatic carbocycles. The van der Waals surface area contributed by atoms with Crippen LogP contribution in [-0.2, 0) is 19.2 Å². The summed E-state index contributed by atoms with van der Waals surface area (Å²) in [5, 5.41) is 28.3. The predicted molar refractivity (Wildman–Crippen MR) is 100 cm³/mol. The first-order valence-electron chi connectivity index (χ1n) is 9.45. The van der Waals surface area contributed by atoms with E-state index in [1.807, 2.05) is 19.0 Å². The van der Waals surface area contributed by atoms with Crippen molar-refractivity contribution in [2.24, 2.45) is 0 Å². The van der Waals surface area contributed by atoms with Crippen molar-refractivity contribution in [3.8, 4) is 0 Å². The number of hydrogen-bond donors (Lipinski definition) is 3. The van der Waals surface area contributed by atoms with Crippen molar-refractivity contribution in [2.45, 2.75) is 51.0 Å². The van der Waals surface area contributed by atoms with E-state index in [4.69, 9.17) is 9.99 Å². The summed E-state index contributed by atoms with van der Waals surface area (Å²) in [7, 11) is 3.67. The van der Waals surface area contributed by atoms with Gasteiger partial charge < -0.3 is 24.7 Å². The molecule has 0 aromatic rings. The van der Waals surface area contributed by atoms with Crippen molar-refractivity contribution < 1.29 is 34.7 Å². The molecule has 0 atom stereocenters. The fraction of sp³-hybridized carbons (Fsp3) is 0.889. The molecule has 0 saturated heterocycles. The van der Waals surface area contributed by atoms with Crippen LogP contribution in [0.1, 0.15) is 45.4 Å². The van der Waals surface area contributed by atoms with Crippen LogP contribution in [0.3, 0.4) is 0 Å². The Balaban J connectivity index is 5.02. The minimum atomic E-state index is -1.60. The van der Waals surface area contributed by atoms with Crippen molar-refractivity contribution in [1.82, 2.24) is 9.80 Å². The van der Waals surface area contributed by atoms with E-state index in [-0.39, 0.29) is 13.0 Å². The Kier molecular flexibility index (Phi) is 14.1. The first kappa shape index (κ1) is 25.7. The zero-order chi connectivity index (χ0) is 20.7. The van der Waals surface area contributed by atoms with Gasteiger partial charge in [0.1, 0.15) is 25.3 Å². The van der Waals surface area contributed by atoms with E-state index in [9.17, 15) is 19.8 Å². The molecule has 0 rings (SSSR count). The zero-order valence-corrected chi connectivity index (χ0v) is 16.9. The molecule has 1 amide bonds. The predicted octanol–water partition coefficient (Wildman–Crippen LogP) is 0.493. The quantitative estimate of drug-likeness (QED) is 0.150. The van der Waals surface area contributed by atoms with Gasteiger partial charge in [0.25, 0.3) is 0 Å². The van der Waals surface area contributed by atoms with Gasteiger partial charge in [-0.15, -0.1) is 0 Å². The smallest absolute Gasteiger partial charge is 0.325 e. The fourth-order valence-electron chi connectivity index (χ4n) is 2.56. The number of aliphatic hydroxyl groups excluding tert-OH is 2.